The summed E-state index contributed by atoms with van der Waals surface area (Å²) in [6, 6.07) is 15.6. The van der Waals surface area contributed by atoms with Gasteiger partial charge in [-0.15, -0.1) is 12.4 Å². The van der Waals surface area contributed by atoms with Crippen molar-refractivity contribution in [2.75, 3.05) is 0 Å². The molecule has 0 saturated heterocycles. The predicted octanol–water partition coefficient (Wildman–Crippen LogP) is 2.82. The van der Waals surface area contributed by atoms with Crippen LogP contribution in [0.25, 0.3) is 21.7 Å². The zero-order valence-electron chi connectivity index (χ0n) is 15.7. The molecule has 0 bridgehead atoms. The van der Waals surface area contributed by atoms with E-state index in [0.29, 0.717) is 10.8 Å². The van der Waals surface area contributed by atoms with E-state index < -0.39 is 22.0 Å². The van der Waals surface area contributed by atoms with Crippen LogP contribution < -0.4 is 10.5 Å². The van der Waals surface area contributed by atoms with Crippen molar-refractivity contribution in [2.24, 2.45) is 5.73 Å². The van der Waals surface area contributed by atoms with E-state index in [9.17, 15) is 18.3 Å². The molecule has 0 spiro atoms. The molecule has 5 N–H and O–H groups in total. The summed E-state index contributed by atoms with van der Waals surface area (Å²) in [6.07, 6.45) is 1.87. The van der Waals surface area contributed by atoms with Gasteiger partial charge in [-0.25, -0.2) is 8.42 Å². The summed E-state index contributed by atoms with van der Waals surface area (Å²) in [4.78, 5) is 15.1. The number of H-pyrrole nitrogens is 1. The Morgan fingerprint density at radius 1 is 1.07 bits per heavy atom. The highest BCUT2D eigenvalue weighted by Gasteiger charge is 2.25. The SMILES string of the molecule is Cl.NC(=O)C(Cc1c[nH]c2ccccc12)NS(=O)(=O)c1ccc2cc(O)ccc2c1. The lowest BCUT2D eigenvalue weighted by atomic mass is 10.1. The third-order valence-corrected chi connectivity index (χ3v) is 6.31. The molecular weight excluding hydrogens is 426 g/mol. The maximum absolute atomic E-state index is 12.9. The van der Waals surface area contributed by atoms with Gasteiger partial charge in [-0.2, -0.15) is 4.72 Å². The fourth-order valence-electron chi connectivity index (χ4n) is 3.35. The first kappa shape index (κ1) is 21.6. The molecule has 1 atom stereocenters. The lowest BCUT2D eigenvalue weighted by Gasteiger charge is -2.16. The summed E-state index contributed by atoms with van der Waals surface area (Å²) in [6.45, 7) is 0. The van der Waals surface area contributed by atoms with Crippen LogP contribution in [0.2, 0.25) is 0 Å². The summed E-state index contributed by atoms with van der Waals surface area (Å²) in [7, 11) is -3.99. The number of carbonyl (C=O) groups excluding carboxylic acids is 1. The van der Waals surface area contributed by atoms with Crippen molar-refractivity contribution >= 4 is 50.0 Å². The maximum Gasteiger partial charge on any atom is 0.241 e. The maximum atomic E-state index is 12.9. The number of benzene rings is 3. The minimum Gasteiger partial charge on any atom is -0.508 e. The number of hydrogen-bond donors (Lipinski definition) is 4. The van der Waals surface area contributed by atoms with E-state index in [1.165, 1.54) is 18.2 Å². The van der Waals surface area contributed by atoms with Crippen LogP contribution in [-0.4, -0.2) is 30.5 Å². The second kappa shape index (κ2) is 8.35. The van der Waals surface area contributed by atoms with Crippen LogP contribution in [0.4, 0.5) is 0 Å². The van der Waals surface area contributed by atoms with Crippen molar-refractivity contribution in [3.8, 4) is 5.75 Å². The van der Waals surface area contributed by atoms with E-state index in [0.717, 1.165) is 16.5 Å². The Morgan fingerprint density at radius 3 is 2.53 bits per heavy atom. The molecule has 0 aliphatic carbocycles. The molecule has 0 fully saturated rings. The van der Waals surface area contributed by atoms with Crippen LogP contribution in [0.15, 0.2) is 71.8 Å². The van der Waals surface area contributed by atoms with Crippen molar-refractivity contribution in [3.63, 3.8) is 0 Å². The van der Waals surface area contributed by atoms with E-state index >= 15 is 0 Å². The van der Waals surface area contributed by atoms with Crippen molar-refractivity contribution < 1.29 is 18.3 Å². The third kappa shape index (κ3) is 4.25. The second-order valence-corrected chi connectivity index (χ2v) is 8.55. The lowest BCUT2D eigenvalue weighted by Crippen LogP contribution is -2.45. The molecule has 4 rings (SSSR count). The summed E-state index contributed by atoms with van der Waals surface area (Å²) < 4.78 is 28.2. The van der Waals surface area contributed by atoms with Gasteiger partial charge >= 0.3 is 0 Å². The van der Waals surface area contributed by atoms with Gasteiger partial charge in [0, 0.05) is 17.1 Å². The molecular formula is C21H20ClN3O4S. The fourth-order valence-corrected chi connectivity index (χ4v) is 4.59. The Bertz CT molecular complexity index is 1330. The average molecular weight is 446 g/mol. The first-order valence-corrected chi connectivity index (χ1v) is 10.4. The largest absolute Gasteiger partial charge is 0.508 e. The zero-order chi connectivity index (χ0) is 20.6. The number of phenolic OH excluding ortho intramolecular Hbond substituents is 1. The second-order valence-electron chi connectivity index (χ2n) is 6.83. The van der Waals surface area contributed by atoms with E-state index in [4.69, 9.17) is 5.73 Å². The topological polar surface area (TPSA) is 125 Å². The van der Waals surface area contributed by atoms with Crippen LogP contribution in [0.5, 0.6) is 5.75 Å². The molecule has 1 unspecified atom stereocenters. The van der Waals surface area contributed by atoms with Crippen molar-refractivity contribution in [2.45, 2.75) is 17.4 Å². The molecule has 7 nitrogen and oxygen atoms in total. The Hall–Kier alpha value is -3.07. The van der Waals surface area contributed by atoms with Gasteiger partial charge in [-0.05, 0) is 53.1 Å². The predicted molar refractivity (Wildman–Crippen MR) is 118 cm³/mol. The molecule has 0 radical (unpaired) electrons. The highest BCUT2D eigenvalue weighted by atomic mass is 35.5. The number of para-hydroxylation sites is 1. The van der Waals surface area contributed by atoms with Crippen molar-refractivity contribution in [3.05, 3.63) is 72.4 Å². The van der Waals surface area contributed by atoms with Crippen LogP contribution in [0.3, 0.4) is 0 Å². The number of primary amides is 1. The molecule has 0 aliphatic heterocycles. The molecule has 30 heavy (non-hydrogen) atoms. The number of phenols is 1. The van der Waals surface area contributed by atoms with Crippen LogP contribution in [-0.2, 0) is 21.2 Å². The quantitative estimate of drug-likeness (QED) is 0.364. The normalized spacial score (nSPS) is 12.5. The summed E-state index contributed by atoms with van der Waals surface area (Å²) >= 11 is 0. The molecule has 4 aromatic rings. The van der Waals surface area contributed by atoms with Gasteiger partial charge in [0.2, 0.25) is 15.9 Å². The standard InChI is InChI=1S/C21H19N3O4S.ClH/c22-21(26)20(11-15-12-23-19-4-2-1-3-18(15)19)24-29(27,28)17-8-6-13-9-16(25)7-5-14(13)10-17;/h1-10,12,20,23-25H,11H2,(H2,22,26);1H. The fraction of sp³-hybridized carbons (Fsp3) is 0.0952. The van der Waals surface area contributed by atoms with E-state index in [1.54, 1.807) is 24.4 Å². The first-order chi connectivity index (χ1) is 13.8. The molecule has 1 amide bonds. The Kier molecular flexibility index (Phi) is 6.02. The molecule has 0 aliphatic rings. The lowest BCUT2D eigenvalue weighted by molar-refractivity contribution is -0.119. The van der Waals surface area contributed by atoms with Crippen LogP contribution >= 0.6 is 12.4 Å². The molecule has 3 aromatic carbocycles. The summed E-state index contributed by atoms with van der Waals surface area (Å²) in [5, 5.41) is 11.8. The zero-order valence-corrected chi connectivity index (χ0v) is 17.3. The molecule has 1 aromatic heterocycles. The number of aromatic nitrogens is 1. The number of amides is 1. The van der Waals surface area contributed by atoms with Crippen LogP contribution in [0.1, 0.15) is 5.56 Å². The number of nitrogens with two attached hydrogens (primary N) is 1. The minimum absolute atomic E-state index is 0. The van der Waals surface area contributed by atoms with E-state index in [-0.39, 0.29) is 29.5 Å². The van der Waals surface area contributed by atoms with E-state index in [1.807, 2.05) is 24.3 Å². The highest BCUT2D eigenvalue weighted by molar-refractivity contribution is 7.89. The molecule has 0 saturated carbocycles. The van der Waals surface area contributed by atoms with Crippen LogP contribution in [0, 0.1) is 0 Å². The number of halogens is 1. The Balaban J connectivity index is 0.00000256. The number of carbonyl (C=O) groups is 1. The summed E-state index contributed by atoms with van der Waals surface area (Å²) in [5.41, 5.74) is 7.17. The number of nitrogens with one attached hydrogen (secondary N) is 2. The van der Waals surface area contributed by atoms with Gasteiger partial charge in [0.1, 0.15) is 11.8 Å². The molecule has 9 heteroatoms. The van der Waals surface area contributed by atoms with Gasteiger partial charge in [-0.1, -0.05) is 30.3 Å². The molecule has 156 valence electrons. The number of rotatable bonds is 6. The van der Waals surface area contributed by atoms with Gasteiger partial charge < -0.3 is 15.8 Å². The van der Waals surface area contributed by atoms with E-state index in [2.05, 4.69) is 9.71 Å². The number of fused-ring (bicyclic) bond motifs is 2. The van der Waals surface area contributed by atoms with Crippen molar-refractivity contribution in [1.29, 1.82) is 0 Å². The average Bonchev–Trinajstić information content (AvgIpc) is 3.10. The highest BCUT2D eigenvalue weighted by Crippen LogP contribution is 2.24. The number of sulfonamides is 1. The minimum atomic E-state index is -3.99. The Morgan fingerprint density at radius 2 is 1.77 bits per heavy atom. The number of aromatic hydroxyl groups is 1. The smallest absolute Gasteiger partial charge is 0.241 e. The Labute approximate surface area is 179 Å². The van der Waals surface area contributed by atoms with Gasteiger partial charge in [0.05, 0.1) is 4.90 Å². The number of aromatic amines is 1. The first-order valence-electron chi connectivity index (χ1n) is 8.93. The monoisotopic (exact) mass is 445 g/mol. The molecule has 1 heterocycles. The van der Waals surface area contributed by atoms with Crippen molar-refractivity contribution in [1.82, 2.24) is 9.71 Å². The number of hydrogen-bond acceptors (Lipinski definition) is 4. The van der Waals surface area contributed by atoms with Gasteiger partial charge in [0.25, 0.3) is 0 Å². The summed E-state index contributed by atoms with van der Waals surface area (Å²) in [5.74, 6) is -0.664. The van der Waals surface area contributed by atoms with Gasteiger partial charge in [-0.3, -0.25) is 4.79 Å². The van der Waals surface area contributed by atoms with Gasteiger partial charge in [0.15, 0.2) is 0 Å². The third-order valence-electron chi connectivity index (χ3n) is 4.85.